The Bertz CT molecular complexity index is 1240. The molecule has 1 saturated heterocycles. The van der Waals surface area contributed by atoms with E-state index in [2.05, 4.69) is 11.0 Å². The first-order chi connectivity index (χ1) is 14.2. The lowest BCUT2D eigenvalue weighted by atomic mass is 10.0. The Balaban J connectivity index is 1.51. The highest BCUT2D eigenvalue weighted by Gasteiger charge is 2.28. The SMILES string of the molecule is Cc1ccc(S(=O)(=O)N2CCN(Cc3cc(=O)oc4cc(C)c(C)cc34)CC2)cc1. The van der Waals surface area contributed by atoms with Crippen molar-refractivity contribution < 1.29 is 12.8 Å². The van der Waals surface area contributed by atoms with Crippen molar-refractivity contribution >= 4 is 21.0 Å². The minimum Gasteiger partial charge on any atom is -0.423 e. The van der Waals surface area contributed by atoms with Crippen LogP contribution in [-0.2, 0) is 16.6 Å². The molecule has 1 aliphatic rings. The summed E-state index contributed by atoms with van der Waals surface area (Å²) < 4.78 is 32.7. The number of aryl methyl sites for hydroxylation is 3. The van der Waals surface area contributed by atoms with Gasteiger partial charge in [-0.05, 0) is 61.7 Å². The average Bonchev–Trinajstić information content (AvgIpc) is 2.70. The van der Waals surface area contributed by atoms with Crippen LogP contribution in [0.1, 0.15) is 22.3 Å². The van der Waals surface area contributed by atoms with E-state index < -0.39 is 10.0 Å². The van der Waals surface area contributed by atoms with Crippen molar-refractivity contribution in [1.82, 2.24) is 9.21 Å². The Morgan fingerprint density at radius 1 is 0.900 bits per heavy atom. The fourth-order valence-corrected chi connectivity index (χ4v) is 5.26. The number of sulfonamides is 1. The molecule has 4 rings (SSSR count). The van der Waals surface area contributed by atoms with Gasteiger partial charge in [0, 0.05) is 44.2 Å². The zero-order valence-corrected chi connectivity index (χ0v) is 18.3. The molecular weight excluding hydrogens is 400 g/mol. The van der Waals surface area contributed by atoms with Gasteiger partial charge < -0.3 is 4.42 Å². The van der Waals surface area contributed by atoms with Crippen molar-refractivity contribution in [3.8, 4) is 0 Å². The molecule has 2 heterocycles. The van der Waals surface area contributed by atoms with E-state index in [4.69, 9.17) is 4.42 Å². The molecule has 6 nitrogen and oxygen atoms in total. The number of nitrogens with zero attached hydrogens (tertiary/aromatic N) is 2. The molecule has 7 heteroatoms. The second kappa shape index (κ2) is 7.98. The molecule has 30 heavy (non-hydrogen) atoms. The molecule has 0 atom stereocenters. The summed E-state index contributed by atoms with van der Waals surface area (Å²) in [4.78, 5) is 14.6. The van der Waals surface area contributed by atoms with Crippen LogP contribution in [0.25, 0.3) is 11.0 Å². The third kappa shape index (κ3) is 4.05. The van der Waals surface area contributed by atoms with Crippen LogP contribution in [0.5, 0.6) is 0 Å². The molecule has 0 amide bonds. The Labute approximate surface area is 176 Å². The number of hydrogen-bond donors (Lipinski definition) is 0. The van der Waals surface area contributed by atoms with E-state index in [1.165, 1.54) is 0 Å². The maximum atomic E-state index is 12.9. The summed E-state index contributed by atoms with van der Waals surface area (Å²) in [6.45, 7) is 8.62. The molecule has 0 aliphatic carbocycles. The molecule has 158 valence electrons. The van der Waals surface area contributed by atoms with E-state index >= 15 is 0 Å². The zero-order chi connectivity index (χ0) is 21.5. The molecule has 2 aromatic carbocycles. The monoisotopic (exact) mass is 426 g/mol. The van der Waals surface area contributed by atoms with E-state index in [0.717, 1.165) is 27.6 Å². The molecule has 1 fully saturated rings. The van der Waals surface area contributed by atoms with Gasteiger partial charge in [0.2, 0.25) is 10.0 Å². The van der Waals surface area contributed by atoms with Crippen LogP contribution in [0, 0.1) is 20.8 Å². The van der Waals surface area contributed by atoms with Crippen molar-refractivity contribution in [1.29, 1.82) is 0 Å². The summed E-state index contributed by atoms with van der Waals surface area (Å²) in [5, 5.41) is 0.937. The van der Waals surface area contributed by atoms with Gasteiger partial charge in [0.05, 0.1) is 4.90 Å². The topological polar surface area (TPSA) is 70.8 Å². The van der Waals surface area contributed by atoms with Crippen LogP contribution in [0.4, 0.5) is 0 Å². The highest BCUT2D eigenvalue weighted by molar-refractivity contribution is 7.89. The second-order valence-electron chi connectivity index (χ2n) is 8.02. The van der Waals surface area contributed by atoms with E-state index in [9.17, 15) is 13.2 Å². The summed E-state index contributed by atoms with van der Waals surface area (Å²) in [5.41, 5.74) is 4.41. The lowest BCUT2D eigenvalue weighted by Gasteiger charge is -2.34. The standard InChI is InChI=1S/C23H26N2O4S/c1-16-4-6-20(7-5-16)30(27,28)25-10-8-24(9-11-25)15-19-14-23(26)29-22-13-18(3)17(2)12-21(19)22/h4-7,12-14H,8-11,15H2,1-3H3. The van der Waals surface area contributed by atoms with Crippen molar-refractivity contribution in [2.24, 2.45) is 0 Å². The second-order valence-corrected chi connectivity index (χ2v) is 9.95. The van der Waals surface area contributed by atoms with Crippen molar-refractivity contribution in [3.05, 3.63) is 75.1 Å². The third-order valence-electron chi connectivity index (χ3n) is 5.83. The number of rotatable bonds is 4. The smallest absolute Gasteiger partial charge is 0.336 e. The molecule has 3 aromatic rings. The molecule has 0 N–H and O–H groups in total. The predicted octanol–water partition coefficient (Wildman–Crippen LogP) is 3.22. The number of piperazine rings is 1. The third-order valence-corrected chi connectivity index (χ3v) is 7.74. The van der Waals surface area contributed by atoms with Crippen molar-refractivity contribution in [2.45, 2.75) is 32.2 Å². The maximum Gasteiger partial charge on any atom is 0.336 e. The van der Waals surface area contributed by atoms with E-state index in [0.29, 0.717) is 43.2 Å². The fraction of sp³-hybridized carbons (Fsp3) is 0.348. The van der Waals surface area contributed by atoms with Gasteiger partial charge in [-0.2, -0.15) is 4.31 Å². The lowest BCUT2D eigenvalue weighted by Crippen LogP contribution is -2.48. The number of hydrogen-bond acceptors (Lipinski definition) is 5. The Hall–Kier alpha value is -2.48. The molecule has 0 spiro atoms. The summed E-state index contributed by atoms with van der Waals surface area (Å²) in [6.07, 6.45) is 0. The largest absolute Gasteiger partial charge is 0.423 e. The average molecular weight is 427 g/mol. The molecule has 0 radical (unpaired) electrons. The first-order valence-corrected chi connectivity index (χ1v) is 11.5. The predicted molar refractivity (Wildman–Crippen MR) is 117 cm³/mol. The van der Waals surface area contributed by atoms with Gasteiger partial charge >= 0.3 is 5.63 Å². The molecule has 1 aromatic heterocycles. The van der Waals surface area contributed by atoms with Crippen LogP contribution in [0.15, 0.2) is 56.6 Å². The Morgan fingerprint density at radius 3 is 2.20 bits per heavy atom. The van der Waals surface area contributed by atoms with E-state index in [-0.39, 0.29) is 5.63 Å². The van der Waals surface area contributed by atoms with Gasteiger partial charge in [-0.3, -0.25) is 4.90 Å². The number of fused-ring (bicyclic) bond motifs is 1. The van der Waals surface area contributed by atoms with Crippen molar-refractivity contribution in [3.63, 3.8) is 0 Å². The maximum absolute atomic E-state index is 12.9. The van der Waals surface area contributed by atoms with Crippen LogP contribution in [0.3, 0.4) is 0 Å². The Kier molecular flexibility index (Phi) is 5.53. The van der Waals surface area contributed by atoms with E-state index in [1.54, 1.807) is 22.5 Å². The van der Waals surface area contributed by atoms with Gasteiger partial charge in [0.15, 0.2) is 0 Å². The highest BCUT2D eigenvalue weighted by Crippen LogP contribution is 2.24. The minimum atomic E-state index is -3.49. The lowest BCUT2D eigenvalue weighted by molar-refractivity contribution is 0.182. The van der Waals surface area contributed by atoms with Crippen LogP contribution in [-0.4, -0.2) is 43.8 Å². The zero-order valence-electron chi connectivity index (χ0n) is 17.5. The molecule has 0 bridgehead atoms. The van der Waals surface area contributed by atoms with Gasteiger partial charge in [-0.15, -0.1) is 0 Å². The van der Waals surface area contributed by atoms with Crippen LogP contribution >= 0.6 is 0 Å². The van der Waals surface area contributed by atoms with Crippen LogP contribution < -0.4 is 5.63 Å². The molecule has 0 unspecified atom stereocenters. The molecule has 1 aliphatic heterocycles. The summed E-state index contributed by atoms with van der Waals surface area (Å²) >= 11 is 0. The molecule has 0 saturated carbocycles. The number of benzene rings is 2. The summed E-state index contributed by atoms with van der Waals surface area (Å²) in [6, 6.07) is 12.5. The van der Waals surface area contributed by atoms with Crippen LogP contribution in [0.2, 0.25) is 0 Å². The van der Waals surface area contributed by atoms with E-state index in [1.807, 2.05) is 39.0 Å². The van der Waals surface area contributed by atoms with Gasteiger partial charge in [0.25, 0.3) is 0 Å². The first kappa shape index (κ1) is 20.8. The fourth-order valence-electron chi connectivity index (χ4n) is 3.84. The first-order valence-electron chi connectivity index (χ1n) is 10.1. The Morgan fingerprint density at radius 2 is 1.53 bits per heavy atom. The minimum absolute atomic E-state index is 0.332. The normalized spacial score (nSPS) is 16.2. The van der Waals surface area contributed by atoms with Gasteiger partial charge in [-0.25, -0.2) is 13.2 Å². The van der Waals surface area contributed by atoms with Gasteiger partial charge in [-0.1, -0.05) is 17.7 Å². The highest BCUT2D eigenvalue weighted by atomic mass is 32.2. The van der Waals surface area contributed by atoms with Crippen molar-refractivity contribution in [2.75, 3.05) is 26.2 Å². The quantitative estimate of drug-likeness (QED) is 0.599. The summed E-state index contributed by atoms with van der Waals surface area (Å²) in [5.74, 6) is 0. The van der Waals surface area contributed by atoms with Gasteiger partial charge in [0.1, 0.15) is 5.58 Å². The molecular formula is C23H26N2O4S. The summed E-state index contributed by atoms with van der Waals surface area (Å²) in [7, 11) is -3.49.